The molecular weight excluding hydrogens is 534 g/mol. The predicted octanol–water partition coefficient (Wildman–Crippen LogP) is 8.42. The molecule has 1 heterocycles. The molecule has 0 aliphatic heterocycles. The topological polar surface area (TPSA) is 87.2 Å². The molecule has 3 aromatic carbocycles. The normalized spacial score (nSPS) is 14.5. The first kappa shape index (κ1) is 32.0. The van der Waals surface area contributed by atoms with Gasteiger partial charge in [0.25, 0.3) is 0 Å². The smallest absolute Gasteiger partial charge is 0.305 e. The van der Waals surface area contributed by atoms with Crippen molar-refractivity contribution in [3.63, 3.8) is 0 Å². The van der Waals surface area contributed by atoms with Crippen LogP contribution >= 0.6 is 0 Å². The van der Waals surface area contributed by atoms with Crippen molar-refractivity contribution in [3.8, 4) is 11.1 Å². The number of rotatable bonds is 8. The molecule has 6 nitrogen and oxygen atoms in total. The minimum Gasteiger partial charge on any atom is -0.466 e. The maximum atomic E-state index is 11.5. The third-order valence-electron chi connectivity index (χ3n) is 8.47. The molecule has 5 rings (SSSR count). The average Bonchev–Trinajstić information content (AvgIpc) is 3.43. The number of nitrogens with zero attached hydrogens (tertiary/aromatic N) is 2. The Morgan fingerprint density at radius 2 is 1.58 bits per heavy atom. The van der Waals surface area contributed by atoms with E-state index in [1.165, 1.54) is 65.3 Å². The Labute approximate surface area is 256 Å². The van der Waals surface area contributed by atoms with Gasteiger partial charge in [-0.05, 0) is 84.0 Å². The second-order valence-corrected chi connectivity index (χ2v) is 12.6. The molecule has 6 heteroatoms. The highest BCUT2D eigenvalue weighted by Gasteiger charge is 2.27. The standard InChI is InChI=1S/C32H37N3O.C5H10O2/c1-32(2,3)28-16-13-23(14-17-28)26-15-18-29-27(20-26)21-34-35(29)30(24-7-5-4-6-8-24)19-22-9-11-25(12-10-22)31(33)36;1-3-5(6)7-4-2/h9-18,20-21,24,30H,4-8,19H2,1-3H3,(H2,33,36);3-4H2,1-2H3. The maximum absolute atomic E-state index is 11.5. The number of fused-ring (bicyclic) bond motifs is 1. The molecule has 0 spiro atoms. The van der Waals surface area contributed by atoms with Crippen LogP contribution in [0.15, 0.2) is 72.9 Å². The van der Waals surface area contributed by atoms with Gasteiger partial charge in [0.15, 0.2) is 0 Å². The second-order valence-electron chi connectivity index (χ2n) is 12.6. The lowest BCUT2D eigenvalue weighted by Gasteiger charge is -2.31. The molecule has 1 aliphatic rings. The number of aromatic nitrogens is 2. The highest BCUT2D eigenvalue weighted by atomic mass is 16.5. The Kier molecular flexibility index (Phi) is 10.8. The van der Waals surface area contributed by atoms with Crippen LogP contribution in [0.3, 0.4) is 0 Å². The van der Waals surface area contributed by atoms with Gasteiger partial charge in [-0.25, -0.2) is 0 Å². The number of benzene rings is 3. The van der Waals surface area contributed by atoms with Crippen LogP contribution in [0, 0.1) is 5.92 Å². The second kappa shape index (κ2) is 14.5. The highest BCUT2D eigenvalue weighted by Crippen LogP contribution is 2.37. The Bertz CT molecular complexity index is 1490. The molecule has 1 saturated carbocycles. The molecule has 228 valence electrons. The first-order chi connectivity index (χ1) is 20.6. The Morgan fingerprint density at radius 1 is 0.930 bits per heavy atom. The third kappa shape index (κ3) is 8.34. The van der Waals surface area contributed by atoms with Crippen molar-refractivity contribution in [1.82, 2.24) is 9.78 Å². The number of primary amides is 1. The van der Waals surface area contributed by atoms with Crippen molar-refractivity contribution < 1.29 is 14.3 Å². The van der Waals surface area contributed by atoms with E-state index < -0.39 is 0 Å². The third-order valence-corrected chi connectivity index (χ3v) is 8.47. The van der Waals surface area contributed by atoms with Crippen LogP contribution in [0.5, 0.6) is 0 Å². The number of ether oxygens (including phenoxy) is 1. The summed E-state index contributed by atoms with van der Waals surface area (Å²) in [6.07, 6.45) is 9.78. The fraction of sp³-hybridized carbons (Fsp3) is 0.432. The maximum Gasteiger partial charge on any atom is 0.305 e. The number of hydrogen-bond donors (Lipinski definition) is 1. The fourth-order valence-electron chi connectivity index (χ4n) is 5.94. The number of hydrogen-bond acceptors (Lipinski definition) is 4. The summed E-state index contributed by atoms with van der Waals surface area (Å²) in [6.45, 7) is 10.8. The Balaban J connectivity index is 0.000000541. The van der Waals surface area contributed by atoms with Crippen molar-refractivity contribution in [1.29, 1.82) is 0 Å². The highest BCUT2D eigenvalue weighted by molar-refractivity contribution is 5.92. The first-order valence-corrected chi connectivity index (χ1v) is 15.7. The SMILES string of the molecule is CC(C)(C)c1ccc(-c2ccc3c(cnn3C(Cc3ccc(C(N)=O)cc3)C3CCCCC3)c2)cc1.CCOC(=O)CC. The first-order valence-electron chi connectivity index (χ1n) is 15.7. The zero-order chi connectivity index (χ0) is 31.0. The number of carbonyl (C=O) groups excluding carboxylic acids is 2. The lowest BCUT2D eigenvalue weighted by Crippen LogP contribution is -2.25. The molecular formula is C37H47N3O3. The van der Waals surface area contributed by atoms with Crippen LogP contribution in [0.4, 0.5) is 0 Å². The van der Waals surface area contributed by atoms with Crippen LogP contribution in [0.25, 0.3) is 22.0 Å². The Morgan fingerprint density at radius 3 is 2.14 bits per heavy atom. The summed E-state index contributed by atoms with van der Waals surface area (Å²) in [5.41, 5.74) is 12.4. The van der Waals surface area contributed by atoms with Crippen molar-refractivity contribution >= 4 is 22.8 Å². The van der Waals surface area contributed by atoms with E-state index in [4.69, 9.17) is 10.8 Å². The van der Waals surface area contributed by atoms with Crippen LogP contribution in [0.2, 0.25) is 0 Å². The molecule has 0 radical (unpaired) electrons. The number of carbonyl (C=O) groups is 2. The van der Waals surface area contributed by atoms with E-state index in [-0.39, 0.29) is 17.3 Å². The molecule has 1 fully saturated rings. The van der Waals surface area contributed by atoms with Crippen molar-refractivity contribution in [2.24, 2.45) is 11.7 Å². The summed E-state index contributed by atoms with van der Waals surface area (Å²) >= 11 is 0. The van der Waals surface area contributed by atoms with E-state index in [0.29, 0.717) is 30.6 Å². The number of amides is 1. The van der Waals surface area contributed by atoms with Gasteiger partial charge in [-0.1, -0.05) is 89.4 Å². The predicted molar refractivity (Wildman–Crippen MR) is 175 cm³/mol. The molecule has 1 aromatic heterocycles. The van der Waals surface area contributed by atoms with Gasteiger partial charge in [0, 0.05) is 17.4 Å². The van der Waals surface area contributed by atoms with Gasteiger partial charge in [0.05, 0.1) is 24.4 Å². The van der Waals surface area contributed by atoms with Gasteiger partial charge in [-0.15, -0.1) is 0 Å². The summed E-state index contributed by atoms with van der Waals surface area (Å²) in [7, 11) is 0. The van der Waals surface area contributed by atoms with Gasteiger partial charge >= 0.3 is 5.97 Å². The molecule has 43 heavy (non-hydrogen) atoms. The largest absolute Gasteiger partial charge is 0.466 e. The van der Waals surface area contributed by atoms with Gasteiger partial charge in [-0.2, -0.15) is 5.10 Å². The van der Waals surface area contributed by atoms with Gasteiger partial charge < -0.3 is 10.5 Å². The van der Waals surface area contributed by atoms with Crippen LogP contribution in [-0.4, -0.2) is 28.3 Å². The van der Waals surface area contributed by atoms with Gasteiger partial charge in [0.1, 0.15) is 0 Å². The molecule has 0 bridgehead atoms. The fourth-order valence-corrected chi connectivity index (χ4v) is 5.94. The summed E-state index contributed by atoms with van der Waals surface area (Å²) in [4.78, 5) is 21.7. The molecule has 1 atom stereocenters. The molecule has 1 amide bonds. The van der Waals surface area contributed by atoms with E-state index >= 15 is 0 Å². The summed E-state index contributed by atoms with van der Waals surface area (Å²) in [6, 6.07) is 23.7. The van der Waals surface area contributed by atoms with Gasteiger partial charge in [-0.3, -0.25) is 14.3 Å². The van der Waals surface area contributed by atoms with Crippen molar-refractivity contribution in [2.45, 2.75) is 91.0 Å². The van der Waals surface area contributed by atoms with E-state index in [1.54, 1.807) is 13.8 Å². The monoisotopic (exact) mass is 581 g/mol. The summed E-state index contributed by atoms with van der Waals surface area (Å²) in [5, 5.41) is 6.11. The lowest BCUT2D eigenvalue weighted by molar-refractivity contribution is -0.142. The molecule has 4 aromatic rings. The van der Waals surface area contributed by atoms with E-state index in [2.05, 4.69) is 72.7 Å². The molecule has 1 aliphatic carbocycles. The molecule has 1 unspecified atom stereocenters. The van der Waals surface area contributed by atoms with E-state index in [9.17, 15) is 9.59 Å². The molecule has 0 saturated heterocycles. The molecule has 2 N–H and O–H groups in total. The summed E-state index contributed by atoms with van der Waals surface area (Å²) < 4.78 is 6.82. The van der Waals surface area contributed by atoms with Gasteiger partial charge in [0.2, 0.25) is 5.91 Å². The van der Waals surface area contributed by atoms with E-state index in [1.807, 2.05) is 30.5 Å². The Hall–Kier alpha value is -3.93. The summed E-state index contributed by atoms with van der Waals surface area (Å²) in [5.74, 6) is 0.0945. The van der Waals surface area contributed by atoms with Crippen molar-refractivity contribution in [3.05, 3.63) is 89.6 Å². The number of esters is 1. The quantitative estimate of drug-likeness (QED) is 0.212. The van der Waals surface area contributed by atoms with Crippen LogP contribution in [0.1, 0.15) is 101 Å². The zero-order valence-electron chi connectivity index (χ0n) is 26.4. The minimum absolute atomic E-state index is 0.123. The van der Waals surface area contributed by atoms with Crippen LogP contribution in [-0.2, 0) is 21.4 Å². The van der Waals surface area contributed by atoms with Crippen LogP contribution < -0.4 is 5.73 Å². The number of nitrogens with two attached hydrogens (primary N) is 1. The minimum atomic E-state index is -0.382. The lowest BCUT2D eigenvalue weighted by atomic mass is 9.81. The van der Waals surface area contributed by atoms with E-state index in [0.717, 1.165) is 6.42 Å². The average molecular weight is 582 g/mol. The van der Waals surface area contributed by atoms with Crippen molar-refractivity contribution in [2.75, 3.05) is 6.61 Å². The zero-order valence-corrected chi connectivity index (χ0v) is 26.4.